The Morgan fingerprint density at radius 2 is 1.96 bits per heavy atom. The van der Waals surface area contributed by atoms with Crippen LogP contribution < -0.4 is 5.56 Å². The number of aryl methyl sites for hydroxylation is 2. The molecule has 1 aliphatic rings. The normalized spacial score (nSPS) is 17.0. The van der Waals surface area contributed by atoms with Crippen LogP contribution in [0.15, 0.2) is 23.0 Å². The average molecular weight is 346 g/mol. The van der Waals surface area contributed by atoms with Gasteiger partial charge in [-0.15, -0.1) is 11.3 Å². The summed E-state index contributed by atoms with van der Waals surface area (Å²) in [5, 5.41) is 0. The summed E-state index contributed by atoms with van der Waals surface area (Å²) >= 11 is 1.54. The number of H-pyrrole nitrogens is 1. The molecule has 0 saturated carbocycles. The zero-order chi connectivity index (χ0) is 17.3. The van der Waals surface area contributed by atoms with Crippen LogP contribution in [0.1, 0.15) is 39.0 Å². The first kappa shape index (κ1) is 16.9. The number of nitrogens with one attached hydrogen (secondary N) is 1. The zero-order valence-corrected chi connectivity index (χ0v) is 15.0. The van der Waals surface area contributed by atoms with Crippen molar-refractivity contribution in [1.82, 2.24) is 19.8 Å². The second-order valence-electron chi connectivity index (χ2n) is 6.19. The largest absolute Gasteiger partial charge is 0.335 e. The van der Waals surface area contributed by atoms with Gasteiger partial charge in [-0.2, -0.15) is 0 Å². The number of nitrogens with zero attached hydrogens (tertiary/aromatic N) is 3. The molecule has 1 fully saturated rings. The highest BCUT2D eigenvalue weighted by molar-refractivity contribution is 7.13. The molecule has 0 aromatic carbocycles. The van der Waals surface area contributed by atoms with E-state index in [1.54, 1.807) is 11.3 Å². The van der Waals surface area contributed by atoms with Gasteiger partial charge in [0.1, 0.15) is 5.82 Å². The van der Waals surface area contributed by atoms with Gasteiger partial charge in [0.25, 0.3) is 11.5 Å². The number of aromatic amines is 1. The highest BCUT2D eigenvalue weighted by Crippen LogP contribution is 2.21. The van der Waals surface area contributed by atoms with Crippen molar-refractivity contribution in [3.8, 4) is 0 Å². The van der Waals surface area contributed by atoms with Crippen LogP contribution in [0, 0.1) is 13.8 Å². The van der Waals surface area contributed by atoms with E-state index in [4.69, 9.17) is 0 Å². The lowest BCUT2D eigenvalue weighted by atomic mass is 10.2. The molecule has 3 heterocycles. The summed E-state index contributed by atoms with van der Waals surface area (Å²) in [5.41, 5.74) is 0.605. The predicted octanol–water partition coefficient (Wildman–Crippen LogP) is 1.97. The summed E-state index contributed by atoms with van der Waals surface area (Å²) in [6.45, 7) is 8.80. The molecular weight excluding hydrogens is 324 g/mol. The monoisotopic (exact) mass is 346 g/mol. The van der Waals surface area contributed by atoms with Crippen molar-refractivity contribution in [2.75, 3.05) is 26.2 Å². The summed E-state index contributed by atoms with van der Waals surface area (Å²) < 4.78 is 0. The topological polar surface area (TPSA) is 69.3 Å². The van der Waals surface area contributed by atoms with E-state index in [1.807, 2.05) is 37.8 Å². The number of aromatic nitrogens is 2. The maximum atomic E-state index is 12.5. The Bertz CT molecular complexity index is 790. The number of carbonyl (C=O) groups is 1. The molecule has 2 aromatic heterocycles. The molecule has 7 heteroatoms. The lowest BCUT2D eigenvalue weighted by molar-refractivity contribution is 0.0579. The lowest BCUT2D eigenvalue weighted by Gasteiger charge is -2.37. The van der Waals surface area contributed by atoms with E-state index in [1.165, 1.54) is 6.07 Å². The van der Waals surface area contributed by atoms with Crippen LogP contribution in [0.5, 0.6) is 0 Å². The van der Waals surface area contributed by atoms with Crippen LogP contribution in [0.4, 0.5) is 0 Å². The van der Waals surface area contributed by atoms with Crippen molar-refractivity contribution in [3.05, 3.63) is 49.8 Å². The van der Waals surface area contributed by atoms with Gasteiger partial charge in [-0.1, -0.05) is 0 Å². The molecule has 128 valence electrons. The Labute approximate surface area is 145 Å². The van der Waals surface area contributed by atoms with Crippen LogP contribution >= 0.6 is 11.3 Å². The standard InChI is InChI=1S/C17H22N4O2S/c1-11-10-15(22)19-16(18-11)13(3)20-6-8-21(9-7-20)17(23)14-5-4-12(2)24-14/h4-5,10,13H,6-9H2,1-3H3,(H,18,19,22). The van der Waals surface area contributed by atoms with Gasteiger partial charge in [0, 0.05) is 42.8 Å². The molecule has 1 saturated heterocycles. The highest BCUT2D eigenvalue weighted by Gasteiger charge is 2.26. The second kappa shape index (κ2) is 6.86. The van der Waals surface area contributed by atoms with Gasteiger partial charge in [0.2, 0.25) is 0 Å². The van der Waals surface area contributed by atoms with Gasteiger partial charge in [-0.05, 0) is 32.9 Å². The fourth-order valence-corrected chi connectivity index (χ4v) is 3.83. The minimum atomic E-state index is -0.119. The summed E-state index contributed by atoms with van der Waals surface area (Å²) in [6.07, 6.45) is 0. The number of amides is 1. The van der Waals surface area contributed by atoms with Crippen LogP contribution in [0.2, 0.25) is 0 Å². The molecule has 1 aliphatic heterocycles. The number of hydrogen-bond acceptors (Lipinski definition) is 5. The number of hydrogen-bond donors (Lipinski definition) is 1. The SMILES string of the molecule is Cc1cc(=O)[nH]c(C(C)N2CCN(C(=O)c3ccc(C)s3)CC2)n1. The molecule has 0 bridgehead atoms. The fourth-order valence-electron chi connectivity index (χ4n) is 2.99. The first-order valence-electron chi connectivity index (χ1n) is 8.11. The summed E-state index contributed by atoms with van der Waals surface area (Å²) in [7, 11) is 0. The average Bonchev–Trinajstić information content (AvgIpc) is 2.99. The Morgan fingerprint density at radius 1 is 1.25 bits per heavy atom. The van der Waals surface area contributed by atoms with Crippen molar-refractivity contribution in [3.63, 3.8) is 0 Å². The van der Waals surface area contributed by atoms with Crippen molar-refractivity contribution < 1.29 is 4.79 Å². The third-order valence-corrected chi connectivity index (χ3v) is 5.37. The predicted molar refractivity (Wildman–Crippen MR) is 94.5 cm³/mol. The van der Waals surface area contributed by atoms with E-state index in [0.717, 1.165) is 28.5 Å². The highest BCUT2D eigenvalue weighted by atomic mass is 32.1. The van der Waals surface area contributed by atoms with E-state index < -0.39 is 0 Å². The molecule has 24 heavy (non-hydrogen) atoms. The van der Waals surface area contributed by atoms with Gasteiger partial charge in [-0.25, -0.2) is 4.98 Å². The van der Waals surface area contributed by atoms with Gasteiger partial charge >= 0.3 is 0 Å². The van der Waals surface area contributed by atoms with Crippen molar-refractivity contribution in [1.29, 1.82) is 0 Å². The molecular formula is C17H22N4O2S. The van der Waals surface area contributed by atoms with E-state index in [9.17, 15) is 9.59 Å². The molecule has 0 spiro atoms. The second-order valence-corrected chi connectivity index (χ2v) is 7.47. The molecule has 1 unspecified atom stereocenters. The molecule has 2 aromatic rings. The summed E-state index contributed by atoms with van der Waals surface area (Å²) in [4.78, 5) is 37.5. The minimum Gasteiger partial charge on any atom is -0.335 e. The molecule has 6 nitrogen and oxygen atoms in total. The third-order valence-electron chi connectivity index (χ3n) is 4.38. The smallest absolute Gasteiger partial charge is 0.264 e. The Kier molecular flexibility index (Phi) is 4.82. The summed E-state index contributed by atoms with van der Waals surface area (Å²) in [5.74, 6) is 0.802. The van der Waals surface area contributed by atoms with Crippen LogP contribution in [-0.2, 0) is 0 Å². The number of rotatable bonds is 3. The van der Waals surface area contributed by atoms with Gasteiger partial charge in [-0.3, -0.25) is 14.5 Å². The molecule has 0 radical (unpaired) electrons. The van der Waals surface area contributed by atoms with Crippen molar-refractivity contribution in [2.24, 2.45) is 0 Å². The van der Waals surface area contributed by atoms with Crippen LogP contribution in [-0.4, -0.2) is 51.9 Å². The molecule has 1 atom stereocenters. The van der Waals surface area contributed by atoms with Crippen LogP contribution in [0.25, 0.3) is 0 Å². The van der Waals surface area contributed by atoms with Gasteiger partial charge in [0.05, 0.1) is 10.9 Å². The Balaban J connectivity index is 1.64. The fraction of sp³-hybridized carbons (Fsp3) is 0.471. The summed E-state index contributed by atoms with van der Waals surface area (Å²) in [6, 6.07) is 5.41. The van der Waals surface area contributed by atoms with E-state index in [2.05, 4.69) is 14.9 Å². The molecule has 1 N–H and O–H groups in total. The van der Waals surface area contributed by atoms with Crippen molar-refractivity contribution in [2.45, 2.75) is 26.8 Å². The maximum absolute atomic E-state index is 12.5. The third kappa shape index (κ3) is 3.57. The van der Waals surface area contributed by atoms with E-state index in [0.29, 0.717) is 18.9 Å². The first-order chi connectivity index (χ1) is 11.4. The first-order valence-corrected chi connectivity index (χ1v) is 8.93. The number of thiophene rings is 1. The zero-order valence-electron chi connectivity index (χ0n) is 14.2. The van der Waals surface area contributed by atoms with Gasteiger partial charge in [0.15, 0.2) is 0 Å². The van der Waals surface area contributed by atoms with Crippen molar-refractivity contribution >= 4 is 17.2 Å². The van der Waals surface area contributed by atoms with Gasteiger partial charge < -0.3 is 9.88 Å². The van der Waals surface area contributed by atoms with Crippen LogP contribution in [0.3, 0.4) is 0 Å². The molecule has 1 amide bonds. The Morgan fingerprint density at radius 3 is 2.54 bits per heavy atom. The molecule has 0 aliphatic carbocycles. The maximum Gasteiger partial charge on any atom is 0.264 e. The minimum absolute atomic E-state index is 0.0267. The Hall–Kier alpha value is -1.99. The quantitative estimate of drug-likeness (QED) is 0.922. The number of carbonyl (C=O) groups excluding carboxylic acids is 1. The molecule has 3 rings (SSSR count). The number of piperazine rings is 1. The van der Waals surface area contributed by atoms with E-state index >= 15 is 0 Å². The lowest BCUT2D eigenvalue weighted by Crippen LogP contribution is -2.49. The van der Waals surface area contributed by atoms with E-state index in [-0.39, 0.29) is 17.5 Å².